The zero-order chi connectivity index (χ0) is 29.1. The molecule has 1 aromatic carbocycles. The van der Waals surface area contributed by atoms with E-state index >= 15 is 0 Å². The lowest BCUT2D eigenvalue weighted by Crippen LogP contribution is -2.59. The van der Waals surface area contributed by atoms with Crippen LogP contribution in [0.1, 0.15) is 69.3 Å². The number of aromatic nitrogens is 3. The van der Waals surface area contributed by atoms with E-state index in [-0.39, 0.29) is 23.8 Å². The Balaban J connectivity index is 1.35. The Bertz CT molecular complexity index is 1440. The smallest absolute Gasteiger partial charge is 0.349 e. The molecule has 4 heterocycles. The third kappa shape index (κ3) is 6.01. The molecule has 3 aromatic rings. The van der Waals surface area contributed by atoms with Crippen molar-refractivity contribution in [1.29, 1.82) is 5.26 Å². The van der Waals surface area contributed by atoms with Gasteiger partial charge in [0.2, 0.25) is 0 Å². The highest BCUT2D eigenvalue weighted by Crippen LogP contribution is 2.33. The van der Waals surface area contributed by atoms with E-state index in [0.29, 0.717) is 28.6 Å². The number of ether oxygens (including phenoxy) is 1. The number of rotatable bonds is 8. The highest BCUT2D eigenvalue weighted by Gasteiger charge is 2.37. The van der Waals surface area contributed by atoms with Crippen molar-refractivity contribution in [2.75, 3.05) is 38.2 Å². The molecule has 5 rings (SSSR count). The van der Waals surface area contributed by atoms with E-state index in [1.54, 1.807) is 19.2 Å². The van der Waals surface area contributed by atoms with Crippen molar-refractivity contribution in [3.05, 3.63) is 63.7 Å². The number of anilines is 1. The quantitative estimate of drug-likeness (QED) is 0.406. The van der Waals surface area contributed by atoms with Crippen molar-refractivity contribution >= 4 is 16.9 Å². The molecular formula is C32H43N7O2. The molecule has 9 heteroatoms. The molecule has 1 unspecified atom stereocenters. The second-order valence-corrected chi connectivity index (χ2v) is 11.6. The molecule has 0 N–H and O–H groups in total. The number of benzene rings is 1. The van der Waals surface area contributed by atoms with Crippen LogP contribution in [-0.4, -0.2) is 75.8 Å². The van der Waals surface area contributed by atoms with Crippen LogP contribution >= 0.6 is 0 Å². The Morgan fingerprint density at radius 3 is 2.37 bits per heavy atom. The van der Waals surface area contributed by atoms with Gasteiger partial charge in [-0.05, 0) is 55.9 Å². The van der Waals surface area contributed by atoms with Crippen molar-refractivity contribution < 1.29 is 4.74 Å². The first-order chi connectivity index (χ1) is 19.9. The van der Waals surface area contributed by atoms with Gasteiger partial charge in [0.05, 0.1) is 11.6 Å². The van der Waals surface area contributed by atoms with Crippen LogP contribution in [0.4, 0.5) is 5.82 Å². The standard InChI is InChI=1S/C32H43N7O2/c1-6-26-21-39(31-30-29(36(4)32(40)35-31)13-12-25(18-33)34-30)27(7-2)20-38(26)22(3)24-10-8-23(9-11-24)19-37-16-14-28(41-5)15-17-37/h8-13,22,26-28H,6-7,14-17,19-21H2,1-5H3/t22?,26-,27+/m1/s1. The van der Waals surface area contributed by atoms with Gasteiger partial charge in [0.25, 0.3) is 0 Å². The third-order valence-electron chi connectivity index (χ3n) is 9.24. The molecule has 0 radical (unpaired) electrons. The summed E-state index contributed by atoms with van der Waals surface area (Å²) in [6, 6.07) is 15.5. The summed E-state index contributed by atoms with van der Waals surface area (Å²) in [7, 11) is 3.52. The molecule has 2 aliphatic heterocycles. The number of likely N-dealkylation sites (tertiary alicyclic amines) is 1. The van der Waals surface area contributed by atoms with E-state index in [4.69, 9.17) is 4.74 Å². The largest absolute Gasteiger partial charge is 0.381 e. The van der Waals surface area contributed by atoms with Crippen molar-refractivity contribution in [3.8, 4) is 6.07 Å². The molecule has 9 nitrogen and oxygen atoms in total. The number of hydrogen-bond acceptors (Lipinski definition) is 8. The number of piperidine rings is 1. The number of nitrogens with zero attached hydrogens (tertiary/aromatic N) is 7. The van der Waals surface area contributed by atoms with E-state index in [9.17, 15) is 10.1 Å². The Morgan fingerprint density at radius 2 is 1.73 bits per heavy atom. The van der Waals surface area contributed by atoms with Gasteiger partial charge in [-0.3, -0.25) is 14.4 Å². The van der Waals surface area contributed by atoms with Gasteiger partial charge in [-0.15, -0.1) is 0 Å². The first kappa shape index (κ1) is 29.2. The summed E-state index contributed by atoms with van der Waals surface area (Å²) >= 11 is 0. The van der Waals surface area contributed by atoms with Gasteiger partial charge in [0.1, 0.15) is 17.3 Å². The highest BCUT2D eigenvalue weighted by molar-refractivity contribution is 5.86. The van der Waals surface area contributed by atoms with Gasteiger partial charge in [0, 0.05) is 65.0 Å². The number of fused-ring (bicyclic) bond motifs is 1. The molecule has 2 aromatic heterocycles. The van der Waals surface area contributed by atoms with E-state index in [1.807, 2.05) is 7.11 Å². The van der Waals surface area contributed by atoms with E-state index in [0.717, 1.165) is 58.4 Å². The lowest BCUT2D eigenvalue weighted by molar-refractivity contribution is 0.0388. The summed E-state index contributed by atoms with van der Waals surface area (Å²) in [5.41, 5.74) is 4.01. The normalized spacial score (nSPS) is 21.7. The van der Waals surface area contributed by atoms with Crippen LogP contribution in [0.15, 0.2) is 41.2 Å². The zero-order valence-electron chi connectivity index (χ0n) is 25.1. The first-order valence-electron chi connectivity index (χ1n) is 15.0. The Hall–Kier alpha value is -3.32. The Labute approximate surface area is 243 Å². The first-order valence-corrected chi connectivity index (χ1v) is 15.0. The minimum absolute atomic E-state index is 0.171. The molecule has 41 heavy (non-hydrogen) atoms. The fourth-order valence-corrected chi connectivity index (χ4v) is 6.54. The Morgan fingerprint density at radius 1 is 1.02 bits per heavy atom. The third-order valence-corrected chi connectivity index (χ3v) is 9.24. The van der Waals surface area contributed by atoms with Gasteiger partial charge >= 0.3 is 5.69 Å². The van der Waals surface area contributed by atoms with Gasteiger partial charge in [-0.2, -0.15) is 10.2 Å². The Kier molecular flexibility index (Phi) is 9.03. The van der Waals surface area contributed by atoms with Crippen LogP contribution in [0.3, 0.4) is 0 Å². The second-order valence-electron chi connectivity index (χ2n) is 11.6. The number of nitriles is 1. The molecule has 2 saturated heterocycles. The predicted molar refractivity (Wildman–Crippen MR) is 162 cm³/mol. The molecule has 0 saturated carbocycles. The van der Waals surface area contributed by atoms with Gasteiger partial charge in [-0.1, -0.05) is 38.1 Å². The molecule has 0 spiro atoms. The van der Waals surface area contributed by atoms with Crippen LogP contribution in [0, 0.1) is 11.3 Å². The molecule has 2 fully saturated rings. The van der Waals surface area contributed by atoms with Crippen LogP contribution in [0.5, 0.6) is 0 Å². The molecule has 0 aliphatic carbocycles. The number of hydrogen-bond donors (Lipinski definition) is 0. The van der Waals surface area contributed by atoms with Gasteiger partial charge in [-0.25, -0.2) is 9.78 Å². The van der Waals surface area contributed by atoms with Crippen LogP contribution in [-0.2, 0) is 18.3 Å². The SMILES string of the molecule is CC[C@H]1CN(C(C)c2ccc(CN3CCC(OC)CC3)cc2)[C@H](CC)CN1c1nc(=O)n(C)c2ccc(C#N)nc12. The van der Waals surface area contributed by atoms with Crippen molar-refractivity contribution in [2.24, 2.45) is 7.05 Å². The lowest BCUT2D eigenvalue weighted by atomic mass is 9.96. The van der Waals surface area contributed by atoms with Gasteiger partial charge in [0.15, 0.2) is 5.82 Å². The van der Waals surface area contributed by atoms with E-state index in [1.165, 1.54) is 15.7 Å². The summed E-state index contributed by atoms with van der Waals surface area (Å²) in [5, 5.41) is 9.49. The zero-order valence-corrected chi connectivity index (χ0v) is 25.1. The minimum atomic E-state index is -0.305. The van der Waals surface area contributed by atoms with Crippen LogP contribution in [0.2, 0.25) is 0 Å². The summed E-state index contributed by atoms with van der Waals surface area (Å²) in [6.07, 6.45) is 4.50. The average molecular weight is 558 g/mol. The number of aryl methyl sites for hydroxylation is 1. The average Bonchev–Trinajstić information content (AvgIpc) is 3.02. The molecule has 0 amide bonds. The highest BCUT2D eigenvalue weighted by atomic mass is 16.5. The van der Waals surface area contributed by atoms with E-state index < -0.39 is 0 Å². The minimum Gasteiger partial charge on any atom is -0.381 e. The second kappa shape index (κ2) is 12.7. The van der Waals surface area contributed by atoms with E-state index in [2.05, 4.69) is 75.8 Å². The van der Waals surface area contributed by atoms with Crippen molar-refractivity contribution in [1.82, 2.24) is 24.3 Å². The summed E-state index contributed by atoms with van der Waals surface area (Å²) in [6.45, 7) is 11.5. The summed E-state index contributed by atoms with van der Waals surface area (Å²) in [4.78, 5) is 29.4. The molecular weight excluding hydrogens is 514 g/mol. The maximum absolute atomic E-state index is 12.8. The van der Waals surface area contributed by atoms with Gasteiger partial charge < -0.3 is 9.64 Å². The number of pyridine rings is 1. The summed E-state index contributed by atoms with van der Waals surface area (Å²) in [5.74, 6) is 0.594. The van der Waals surface area contributed by atoms with Crippen LogP contribution in [0.25, 0.3) is 11.0 Å². The van der Waals surface area contributed by atoms with Crippen LogP contribution < -0.4 is 10.6 Å². The monoisotopic (exact) mass is 557 g/mol. The fraction of sp³-hybridized carbons (Fsp3) is 0.562. The van der Waals surface area contributed by atoms with Crippen molar-refractivity contribution in [2.45, 2.75) is 77.2 Å². The maximum atomic E-state index is 12.8. The number of methoxy groups -OCH3 is 1. The van der Waals surface area contributed by atoms with Crippen molar-refractivity contribution in [3.63, 3.8) is 0 Å². The maximum Gasteiger partial charge on any atom is 0.349 e. The molecule has 0 bridgehead atoms. The lowest BCUT2D eigenvalue weighted by Gasteiger charge is -2.49. The molecule has 3 atom stereocenters. The molecule has 218 valence electrons. The molecule has 2 aliphatic rings. The predicted octanol–water partition coefficient (Wildman–Crippen LogP) is 4.25. The number of piperazine rings is 1. The topological polar surface area (TPSA) is 90.5 Å². The summed E-state index contributed by atoms with van der Waals surface area (Å²) < 4.78 is 7.03. The fourth-order valence-electron chi connectivity index (χ4n) is 6.54.